The maximum absolute atomic E-state index is 13.6. The molecule has 1 atom stereocenters. The molecule has 0 radical (unpaired) electrons. The van der Waals surface area contributed by atoms with Gasteiger partial charge in [-0.1, -0.05) is 75.5 Å². The number of hydrogen-bond donors (Lipinski definition) is 1. The first-order valence-corrected chi connectivity index (χ1v) is 12.8. The van der Waals surface area contributed by atoms with Crippen LogP contribution in [-0.2, 0) is 22.6 Å². The summed E-state index contributed by atoms with van der Waals surface area (Å²) in [5.41, 5.74) is 2.49. The Bertz CT molecular complexity index is 1150. The van der Waals surface area contributed by atoms with Gasteiger partial charge >= 0.3 is 0 Å². The van der Waals surface area contributed by atoms with Crippen molar-refractivity contribution < 1.29 is 14.3 Å². The van der Waals surface area contributed by atoms with Crippen molar-refractivity contribution in [2.45, 2.75) is 32.9 Å². The van der Waals surface area contributed by atoms with Crippen LogP contribution in [0.15, 0.2) is 71.2 Å². The summed E-state index contributed by atoms with van der Waals surface area (Å²) in [7, 11) is 0. The summed E-state index contributed by atoms with van der Waals surface area (Å²) in [6.07, 6.45) is 0.331. The van der Waals surface area contributed by atoms with Crippen molar-refractivity contribution in [2.75, 3.05) is 13.2 Å². The molecule has 0 heterocycles. The normalized spacial score (nSPS) is 11.6. The zero-order valence-corrected chi connectivity index (χ0v) is 22.7. The van der Waals surface area contributed by atoms with Crippen molar-refractivity contribution >= 4 is 50.9 Å². The molecule has 3 aromatic rings. The molecule has 0 saturated heterocycles. The van der Waals surface area contributed by atoms with E-state index in [2.05, 4.69) is 21.2 Å². The highest BCUT2D eigenvalue weighted by molar-refractivity contribution is 9.10. The van der Waals surface area contributed by atoms with Crippen LogP contribution in [0.4, 0.5) is 0 Å². The SMILES string of the molecule is CCNC(=O)[C@H](Cc1ccccc1)N(Cc1c(Cl)cccc1Cl)C(=O)COc1ccc(Br)c(C)c1. The number of hydrogen-bond acceptors (Lipinski definition) is 3. The van der Waals surface area contributed by atoms with Gasteiger partial charge in [0.1, 0.15) is 11.8 Å². The molecule has 0 saturated carbocycles. The number of nitrogens with one attached hydrogen (secondary N) is 1. The summed E-state index contributed by atoms with van der Waals surface area (Å²) in [6, 6.07) is 19.4. The fraction of sp³-hybridized carbons (Fsp3) is 0.259. The molecule has 0 bridgehead atoms. The fourth-order valence-electron chi connectivity index (χ4n) is 3.63. The average Bonchev–Trinajstić information content (AvgIpc) is 2.84. The van der Waals surface area contributed by atoms with Crippen LogP contribution in [-0.4, -0.2) is 35.9 Å². The van der Waals surface area contributed by atoms with Crippen LogP contribution >= 0.6 is 39.1 Å². The van der Waals surface area contributed by atoms with Crippen molar-refractivity contribution in [1.29, 1.82) is 0 Å². The van der Waals surface area contributed by atoms with Gasteiger partial charge in [-0.15, -0.1) is 0 Å². The lowest BCUT2D eigenvalue weighted by atomic mass is 10.0. The number of aryl methyl sites for hydroxylation is 1. The van der Waals surface area contributed by atoms with Gasteiger partial charge in [-0.05, 0) is 55.3 Å². The highest BCUT2D eigenvalue weighted by Crippen LogP contribution is 2.27. The minimum atomic E-state index is -0.785. The Morgan fingerprint density at radius 3 is 2.34 bits per heavy atom. The maximum atomic E-state index is 13.6. The lowest BCUT2D eigenvalue weighted by Crippen LogP contribution is -2.51. The predicted octanol–water partition coefficient (Wildman–Crippen LogP) is 6.22. The number of carbonyl (C=O) groups is 2. The largest absolute Gasteiger partial charge is 0.484 e. The zero-order valence-electron chi connectivity index (χ0n) is 19.6. The van der Waals surface area contributed by atoms with Crippen LogP contribution in [0.2, 0.25) is 10.0 Å². The second kappa shape index (κ2) is 13.0. The third-order valence-corrected chi connectivity index (χ3v) is 7.10. The van der Waals surface area contributed by atoms with E-state index in [-0.39, 0.29) is 25.0 Å². The van der Waals surface area contributed by atoms with Crippen molar-refractivity contribution in [3.8, 4) is 5.75 Å². The highest BCUT2D eigenvalue weighted by atomic mass is 79.9. The Morgan fingerprint density at radius 1 is 1.03 bits per heavy atom. The van der Waals surface area contributed by atoms with Gasteiger partial charge < -0.3 is 15.0 Å². The van der Waals surface area contributed by atoms with Gasteiger partial charge in [-0.25, -0.2) is 0 Å². The Morgan fingerprint density at radius 2 is 1.71 bits per heavy atom. The van der Waals surface area contributed by atoms with Crippen molar-refractivity contribution in [3.05, 3.63) is 97.9 Å². The van der Waals surface area contributed by atoms with Crippen molar-refractivity contribution in [1.82, 2.24) is 10.2 Å². The molecule has 0 fully saturated rings. The molecule has 0 aliphatic carbocycles. The Hall–Kier alpha value is -2.54. The lowest BCUT2D eigenvalue weighted by molar-refractivity contribution is -0.142. The van der Waals surface area contributed by atoms with E-state index in [1.807, 2.05) is 56.3 Å². The second-order valence-electron chi connectivity index (χ2n) is 8.02. The Balaban J connectivity index is 1.94. The number of benzene rings is 3. The van der Waals surface area contributed by atoms with Crippen LogP contribution in [0.1, 0.15) is 23.6 Å². The quantitative estimate of drug-likeness (QED) is 0.311. The van der Waals surface area contributed by atoms with Crippen molar-refractivity contribution in [2.24, 2.45) is 0 Å². The first-order valence-electron chi connectivity index (χ1n) is 11.2. The van der Waals surface area contributed by atoms with Gasteiger partial charge in [0.05, 0.1) is 0 Å². The number of ether oxygens (including phenoxy) is 1. The Labute approximate surface area is 224 Å². The molecule has 1 N–H and O–H groups in total. The number of carbonyl (C=O) groups excluding carboxylic acids is 2. The molecule has 35 heavy (non-hydrogen) atoms. The number of rotatable bonds is 10. The smallest absolute Gasteiger partial charge is 0.261 e. The summed E-state index contributed by atoms with van der Waals surface area (Å²) in [4.78, 5) is 28.3. The van der Waals surface area contributed by atoms with E-state index in [0.29, 0.717) is 34.3 Å². The van der Waals surface area contributed by atoms with Crippen LogP contribution in [0, 0.1) is 6.92 Å². The molecule has 0 aliphatic heterocycles. The number of halogens is 3. The molecule has 0 aromatic heterocycles. The number of nitrogens with zero attached hydrogens (tertiary/aromatic N) is 1. The molecule has 0 spiro atoms. The van der Waals surface area contributed by atoms with Crippen LogP contribution in [0.3, 0.4) is 0 Å². The number of amides is 2. The first kappa shape index (κ1) is 27.1. The van der Waals surface area contributed by atoms with E-state index >= 15 is 0 Å². The topological polar surface area (TPSA) is 58.6 Å². The molecular formula is C27H27BrCl2N2O3. The van der Waals surface area contributed by atoms with Gasteiger partial charge in [-0.3, -0.25) is 9.59 Å². The minimum absolute atomic E-state index is 0.0642. The van der Waals surface area contributed by atoms with Crippen LogP contribution in [0.5, 0.6) is 5.75 Å². The monoisotopic (exact) mass is 576 g/mol. The summed E-state index contributed by atoms with van der Waals surface area (Å²) in [6.45, 7) is 4.04. The average molecular weight is 578 g/mol. The third-order valence-electron chi connectivity index (χ3n) is 5.50. The second-order valence-corrected chi connectivity index (χ2v) is 9.69. The van der Waals surface area contributed by atoms with Gasteiger partial charge in [-0.2, -0.15) is 0 Å². The van der Waals surface area contributed by atoms with E-state index < -0.39 is 6.04 Å². The predicted molar refractivity (Wildman–Crippen MR) is 144 cm³/mol. The summed E-state index contributed by atoms with van der Waals surface area (Å²) in [5.74, 6) is -0.0477. The summed E-state index contributed by atoms with van der Waals surface area (Å²) >= 11 is 16.3. The van der Waals surface area contributed by atoms with Crippen LogP contribution in [0.25, 0.3) is 0 Å². The van der Waals surface area contributed by atoms with E-state index in [9.17, 15) is 9.59 Å². The molecule has 3 rings (SSSR count). The van der Waals surface area contributed by atoms with Crippen molar-refractivity contribution in [3.63, 3.8) is 0 Å². The molecule has 8 heteroatoms. The third kappa shape index (κ3) is 7.47. The molecule has 3 aromatic carbocycles. The van der Waals surface area contributed by atoms with E-state index in [1.165, 1.54) is 4.90 Å². The standard InChI is InChI=1S/C27H27BrCl2N2O3/c1-3-31-27(34)25(15-19-8-5-4-6-9-19)32(16-21-23(29)10-7-11-24(21)30)26(33)17-35-20-12-13-22(28)18(2)14-20/h4-14,25H,3,15-17H2,1-2H3,(H,31,34)/t25-/m0/s1. The van der Waals surface area contributed by atoms with Gasteiger partial charge in [0.2, 0.25) is 5.91 Å². The molecule has 5 nitrogen and oxygen atoms in total. The van der Waals surface area contributed by atoms with Crippen LogP contribution < -0.4 is 10.1 Å². The number of likely N-dealkylation sites (N-methyl/N-ethyl adjacent to an activating group) is 1. The van der Waals surface area contributed by atoms with Gasteiger partial charge in [0.15, 0.2) is 6.61 Å². The zero-order chi connectivity index (χ0) is 25.4. The lowest BCUT2D eigenvalue weighted by Gasteiger charge is -2.32. The van der Waals surface area contributed by atoms with E-state index in [4.69, 9.17) is 27.9 Å². The van der Waals surface area contributed by atoms with Gasteiger partial charge in [0.25, 0.3) is 5.91 Å². The van der Waals surface area contributed by atoms with Gasteiger partial charge in [0, 0.05) is 39.6 Å². The molecular weight excluding hydrogens is 551 g/mol. The minimum Gasteiger partial charge on any atom is -0.484 e. The molecule has 184 valence electrons. The fourth-order valence-corrected chi connectivity index (χ4v) is 4.40. The van der Waals surface area contributed by atoms with E-state index in [0.717, 1.165) is 15.6 Å². The highest BCUT2D eigenvalue weighted by Gasteiger charge is 2.31. The maximum Gasteiger partial charge on any atom is 0.261 e. The molecule has 2 amide bonds. The van der Waals surface area contributed by atoms with E-state index in [1.54, 1.807) is 24.3 Å². The molecule has 0 unspecified atom stereocenters. The Kier molecular flexibility index (Phi) is 10.0. The first-order chi connectivity index (χ1) is 16.8. The summed E-state index contributed by atoms with van der Waals surface area (Å²) in [5, 5.41) is 3.71. The summed E-state index contributed by atoms with van der Waals surface area (Å²) < 4.78 is 6.76. The molecule has 0 aliphatic rings.